The highest BCUT2D eigenvalue weighted by Gasteiger charge is 2.25. The van der Waals surface area contributed by atoms with Crippen LogP contribution in [0.5, 0.6) is 0 Å². The van der Waals surface area contributed by atoms with Crippen LogP contribution in [-0.2, 0) is 9.59 Å². The summed E-state index contributed by atoms with van der Waals surface area (Å²) in [6.07, 6.45) is 0.250. The van der Waals surface area contributed by atoms with E-state index in [0.717, 1.165) is 0 Å². The van der Waals surface area contributed by atoms with Gasteiger partial charge in [0.25, 0.3) is 0 Å². The van der Waals surface area contributed by atoms with Crippen LogP contribution in [0.3, 0.4) is 0 Å². The van der Waals surface area contributed by atoms with Gasteiger partial charge in [0.2, 0.25) is 5.91 Å². The van der Waals surface area contributed by atoms with Crippen LogP contribution in [0.4, 0.5) is 11.4 Å². The standard InChI is InChI=1S/C13H13N3O3/c1-15-10-3-2-9(7-14)6-11(10)16(8-13(18)19)5-4-12(15)17/h2-3,6H,4-5,8H2,1H3,(H,18,19). The van der Waals surface area contributed by atoms with Gasteiger partial charge < -0.3 is 14.9 Å². The molecule has 1 amide bonds. The lowest BCUT2D eigenvalue weighted by Gasteiger charge is -2.23. The van der Waals surface area contributed by atoms with E-state index in [2.05, 4.69) is 0 Å². The van der Waals surface area contributed by atoms with Crippen molar-refractivity contribution in [1.29, 1.82) is 5.26 Å². The Labute approximate surface area is 110 Å². The van der Waals surface area contributed by atoms with Gasteiger partial charge in [0.1, 0.15) is 6.54 Å². The summed E-state index contributed by atoms with van der Waals surface area (Å²) >= 11 is 0. The van der Waals surface area contributed by atoms with Crippen LogP contribution < -0.4 is 9.80 Å². The fourth-order valence-electron chi connectivity index (χ4n) is 2.11. The molecule has 0 aromatic heterocycles. The molecule has 6 heteroatoms. The molecule has 6 nitrogen and oxygen atoms in total. The number of nitriles is 1. The van der Waals surface area contributed by atoms with E-state index in [4.69, 9.17) is 10.4 Å². The van der Waals surface area contributed by atoms with Crippen LogP contribution in [0.1, 0.15) is 12.0 Å². The third kappa shape index (κ3) is 2.50. The van der Waals surface area contributed by atoms with Crippen molar-refractivity contribution in [2.24, 2.45) is 0 Å². The summed E-state index contributed by atoms with van der Waals surface area (Å²) in [4.78, 5) is 25.9. The van der Waals surface area contributed by atoms with Gasteiger partial charge in [0.15, 0.2) is 0 Å². The molecule has 98 valence electrons. The number of carboxylic acid groups (broad SMARTS) is 1. The average molecular weight is 259 g/mol. The number of benzene rings is 1. The number of amides is 1. The Kier molecular flexibility index (Phi) is 3.38. The smallest absolute Gasteiger partial charge is 0.323 e. The molecule has 1 aromatic carbocycles. The van der Waals surface area contributed by atoms with E-state index in [1.165, 1.54) is 4.90 Å². The summed E-state index contributed by atoms with van der Waals surface area (Å²) in [6, 6.07) is 6.93. The number of carboxylic acids is 1. The van der Waals surface area contributed by atoms with Crippen molar-refractivity contribution in [3.8, 4) is 6.07 Å². The summed E-state index contributed by atoms with van der Waals surface area (Å²) in [6.45, 7) is 0.139. The fraction of sp³-hybridized carbons (Fsp3) is 0.308. The number of carbonyl (C=O) groups excluding carboxylic acids is 1. The summed E-state index contributed by atoms with van der Waals surface area (Å²) in [5, 5.41) is 17.9. The van der Waals surface area contributed by atoms with Crippen molar-refractivity contribution in [2.45, 2.75) is 6.42 Å². The molecule has 0 saturated carbocycles. The van der Waals surface area contributed by atoms with Gasteiger partial charge in [-0.3, -0.25) is 9.59 Å². The molecule has 19 heavy (non-hydrogen) atoms. The summed E-state index contributed by atoms with van der Waals surface area (Å²) in [5.74, 6) is -1.04. The topological polar surface area (TPSA) is 84.6 Å². The second-order valence-electron chi connectivity index (χ2n) is 4.33. The van der Waals surface area contributed by atoms with Crippen molar-refractivity contribution < 1.29 is 14.7 Å². The number of hydrogen-bond donors (Lipinski definition) is 1. The molecular weight excluding hydrogens is 246 g/mol. The molecule has 2 rings (SSSR count). The maximum absolute atomic E-state index is 11.8. The first-order valence-corrected chi connectivity index (χ1v) is 5.80. The fourth-order valence-corrected chi connectivity index (χ4v) is 2.11. The minimum Gasteiger partial charge on any atom is -0.480 e. The molecule has 1 heterocycles. The first-order valence-electron chi connectivity index (χ1n) is 5.80. The second-order valence-corrected chi connectivity index (χ2v) is 4.33. The molecule has 0 spiro atoms. The number of nitrogens with zero attached hydrogens (tertiary/aromatic N) is 3. The molecule has 0 bridgehead atoms. The van der Waals surface area contributed by atoms with E-state index in [9.17, 15) is 9.59 Å². The lowest BCUT2D eigenvalue weighted by atomic mass is 10.1. The van der Waals surface area contributed by atoms with Gasteiger partial charge in [-0.05, 0) is 18.2 Å². The summed E-state index contributed by atoms with van der Waals surface area (Å²) in [7, 11) is 1.65. The zero-order valence-corrected chi connectivity index (χ0v) is 10.5. The molecule has 1 aliphatic rings. The number of hydrogen-bond acceptors (Lipinski definition) is 4. The van der Waals surface area contributed by atoms with Crippen LogP contribution >= 0.6 is 0 Å². The van der Waals surface area contributed by atoms with Crippen molar-refractivity contribution in [3.63, 3.8) is 0 Å². The highest BCUT2D eigenvalue weighted by Crippen LogP contribution is 2.32. The van der Waals surface area contributed by atoms with Crippen molar-refractivity contribution >= 4 is 23.3 Å². The highest BCUT2D eigenvalue weighted by molar-refractivity contribution is 5.98. The number of rotatable bonds is 2. The normalized spacial score (nSPS) is 14.6. The minimum atomic E-state index is -0.967. The molecule has 1 aliphatic heterocycles. The van der Waals surface area contributed by atoms with Crippen LogP contribution in [0.25, 0.3) is 0 Å². The second kappa shape index (κ2) is 4.98. The van der Waals surface area contributed by atoms with Crippen LogP contribution in [-0.4, -0.2) is 37.1 Å². The van der Waals surface area contributed by atoms with E-state index in [-0.39, 0.29) is 18.9 Å². The highest BCUT2D eigenvalue weighted by atomic mass is 16.4. The molecule has 0 atom stereocenters. The van der Waals surface area contributed by atoms with Crippen molar-refractivity contribution in [2.75, 3.05) is 29.9 Å². The molecule has 0 radical (unpaired) electrons. The van der Waals surface area contributed by atoms with E-state index in [1.807, 2.05) is 6.07 Å². The Morgan fingerprint density at radius 1 is 1.47 bits per heavy atom. The average Bonchev–Trinajstić information content (AvgIpc) is 2.50. The van der Waals surface area contributed by atoms with E-state index < -0.39 is 5.97 Å². The van der Waals surface area contributed by atoms with Crippen LogP contribution in [0.2, 0.25) is 0 Å². The van der Waals surface area contributed by atoms with Crippen molar-refractivity contribution in [1.82, 2.24) is 0 Å². The van der Waals surface area contributed by atoms with Gasteiger partial charge in [-0.1, -0.05) is 0 Å². The Bertz CT molecular complexity index is 577. The van der Waals surface area contributed by atoms with Crippen LogP contribution in [0, 0.1) is 11.3 Å². The van der Waals surface area contributed by atoms with Gasteiger partial charge in [-0.2, -0.15) is 5.26 Å². The van der Waals surface area contributed by atoms with Gasteiger partial charge >= 0.3 is 5.97 Å². The van der Waals surface area contributed by atoms with Crippen molar-refractivity contribution in [3.05, 3.63) is 23.8 Å². The molecule has 0 fully saturated rings. The maximum Gasteiger partial charge on any atom is 0.323 e. The van der Waals surface area contributed by atoms with E-state index in [1.54, 1.807) is 30.1 Å². The number of fused-ring (bicyclic) bond motifs is 1. The Morgan fingerprint density at radius 3 is 2.84 bits per heavy atom. The minimum absolute atomic E-state index is 0.0705. The first kappa shape index (κ1) is 12.9. The molecule has 0 saturated heterocycles. The van der Waals surface area contributed by atoms with E-state index in [0.29, 0.717) is 23.5 Å². The number of carbonyl (C=O) groups is 2. The van der Waals surface area contributed by atoms with Gasteiger partial charge in [0, 0.05) is 20.0 Å². The van der Waals surface area contributed by atoms with Gasteiger partial charge in [0.05, 0.1) is 23.0 Å². The monoisotopic (exact) mass is 259 g/mol. The maximum atomic E-state index is 11.8. The third-order valence-corrected chi connectivity index (χ3v) is 3.10. The predicted molar refractivity (Wildman–Crippen MR) is 69.0 cm³/mol. The molecule has 1 N–H and O–H groups in total. The van der Waals surface area contributed by atoms with Gasteiger partial charge in [-0.15, -0.1) is 0 Å². The molecule has 0 aliphatic carbocycles. The molecule has 0 unspecified atom stereocenters. The largest absolute Gasteiger partial charge is 0.480 e. The summed E-state index contributed by atoms with van der Waals surface area (Å²) < 4.78 is 0. The lowest BCUT2D eigenvalue weighted by molar-refractivity contribution is -0.135. The zero-order chi connectivity index (χ0) is 14.0. The molecular formula is C13H13N3O3. The van der Waals surface area contributed by atoms with E-state index >= 15 is 0 Å². The van der Waals surface area contributed by atoms with Crippen LogP contribution in [0.15, 0.2) is 18.2 Å². The quantitative estimate of drug-likeness (QED) is 0.849. The van der Waals surface area contributed by atoms with Gasteiger partial charge in [-0.25, -0.2) is 0 Å². The Hall–Kier alpha value is -2.55. The Morgan fingerprint density at radius 2 is 2.21 bits per heavy atom. The number of anilines is 2. The predicted octanol–water partition coefficient (Wildman–Crippen LogP) is 0.816. The Balaban J connectivity index is 2.52. The summed E-state index contributed by atoms with van der Waals surface area (Å²) in [5.41, 5.74) is 1.68. The zero-order valence-electron chi connectivity index (χ0n) is 10.5. The first-order chi connectivity index (χ1) is 9.02. The number of aliphatic carboxylic acids is 1. The third-order valence-electron chi connectivity index (χ3n) is 3.10. The molecule has 1 aromatic rings. The lowest BCUT2D eigenvalue weighted by Crippen LogP contribution is -2.30. The SMILES string of the molecule is CN1C(=O)CCN(CC(=O)O)c2cc(C#N)ccc21.